The molecule has 0 aliphatic rings. The Morgan fingerprint density at radius 1 is 0.477 bits per heavy atom. The molecule has 228 valence electrons. The minimum absolute atomic E-state index is 0.232. The number of methoxy groups -OCH3 is 2. The first-order valence-corrected chi connectivity index (χ1v) is 13.4. The van der Waals surface area contributed by atoms with Gasteiger partial charge in [0.25, 0.3) is 0 Å². The largest absolute Gasteiger partial charge is 0.493 e. The van der Waals surface area contributed by atoms with Crippen LogP contribution < -0.4 is 41.4 Å². The normalized spacial score (nSPS) is 10.3. The van der Waals surface area contributed by atoms with Gasteiger partial charge in [-0.1, -0.05) is 12.1 Å². The average molecular weight is 600 g/mol. The number of rotatable bonds is 8. The molecule has 3 aromatic carbocycles. The molecule has 14 heteroatoms. The third-order valence-corrected chi connectivity index (χ3v) is 6.48. The molecular weight excluding hydrogens is 566 g/mol. The van der Waals surface area contributed by atoms with E-state index in [2.05, 4.69) is 46.9 Å². The fourth-order valence-corrected chi connectivity index (χ4v) is 3.89. The number of urea groups is 3. The van der Waals surface area contributed by atoms with Crippen LogP contribution in [0.15, 0.2) is 54.6 Å². The van der Waals surface area contributed by atoms with Crippen LogP contribution in [-0.2, 0) is 0 Å². The summed E-state index contributed by atoms with van der Waals surface area (Å²) >= 11 is 0. The van der Waals surface area contributed by atoms with Crippen molar-refractivity contribution in [3.63, 3.8) is 0 Å². The number of nitrogens with one attached hydrogen (secondary N) is 6. The Morgan fingerprint density at radius 2 is 0.841 bits per heavy atom. The highest BCUT2D eigenvalue weighted by Crippen LogP contribution is 2.29. The molecule has 1 heterocycles. The van der Waals surface area contributed by atoms with Crippen molar-refractivity contribution < 1.29 is 23.9 Å². The number of anilines is 6. The van der Waals surface area contributed by atoms with E-state index in [1.165, 1.54) is 14.2 Å². The fourth-order valence-electron chi connectivity index (χ4n) is 3.89. The van der Waals surface area contributed by atoms with Crippen molar-refractivity contribution in [1.29, 1.82) is 0 Å². The van der Waals surface area contributed by atoms with E-state index in [1.807, 2.05) is 52.0 Å². The zero-order valence-corrected chi connectivity index (χ0v) is 25.1. The highest BCUT2D eigenvalue weighted by atomic mass is 16.5. The molecule has 0 saturated heterocycles. The van der Waals surface area contributed by atoms with Crippen molar-refractivity contribution in [2.24, 2.45) is 0 Å². The van der Waals surface area contributed by atoms with Crippen molar-refractivity contribution >= 4 is 53.0 Å². The zero-order valence-electron chi connectivity index (χ0n) is 25.1. The summed E-state index contributed by atoms with van der Waals surface area (Å²) in [5, 5.41) is 15.5. The van der Waals surface area contributed by atoms with Crippen molar-refractivity contribution in [2.45, 2.75) is 27.7 Å². The molecular formula is C30H33N9O5. The maximum absolute atomic E-state index is 12.8. The topological polar surface area (TPSA) is 181 Å². The van der Waals surface area contributed by atoms with Gasteiger partial charge in [-0.3, -0.25) is 16.0 Å². The molecule has 0 aliphatic carbocycles. The molecule has 0 saturated carbocycles. The quantitative estimate of drug-likeness (QED) is 0.141. The predicted octanol–water partition coefficient (Wildman–Crippen LogP) is 6.05. The number of aryl methyl sites for hydroxylation is 4. The van der Waals surface area contributed by atoms with E-state index in [-0.39, 0.29) is 17.8 Å². The van der Waals surface area contributed by atoms with Gasteiger partial charge in [0.15, 0.2) is 11.5 Å². The molecule has 0 radical (unpaired) electrons. The minimum atomic E-state index is -0.709. The van der Waals surface area contributed by atoms with Crippen LogP contribution in [0.1, 0.15) is 22.3 Å². The average Bonchev–Trinajstić information content (AvgIpc) is 2.96. The molecule has 0 fully saturated rings. The van der Waals surface area contributed by atoms with E-state index in [4.69, 9.17) is 9.47 Å². The number of nitrogens with zero attached hydrogens (tertiary/aromatic N) is 3. The van der Waals surface area contributed by atoms with Crippen LogP contribution in [0, 0.1) is 27.7 Å². The lowest BCUT2D eigenvalue weighted by Crippen LogP contribution is -2.26. The van der Waals surface area contributed by atoms with Gasteiger partial charge in [-0.05, 0) is 86.3 Å². The molecule has 0 spiro atoms. The van der Waals surface area contributed by atoms with Crippen molar-refractivity contribution in [1.82, 2.24) is 15.0 Å². The molecule has 6 amide bonds. The Labute approximate surface area is 254 Å². The second kappa shape index (κ2) is 13.8. The number of benzene rings is 3. The van der Waals surface area contributed by atoms with Crippen LogP contribution in [0.5, 0.6) is 11.5 Å². The van der Waals surface area contributed by atoms with E-state index in [1.54, 1.807) is 30.3 Å². The first kappa shape index (κ1) is 31.0. The van der Waals surface area contributed by atoms with Crippen molar-refractivity contribution in [2.75, 3.05) is 46.1 Å². The smallest absolute Gasteiger partial charge is 0.326 e. The van der Waals surface area contributed by atoms with Crippen LogP contribution in [0.2, 0.25) is 0 Å². The maximum Gasteiger partial charge on any atom is 0.326 e. The maximum atomic E-state index is 12.8. The van der Waals surface area contributed by atoms with Crippen molar-refractivity contribution in [3.8, 4) is 11.5 Å². The lowest BCUT2D eigenvalue weighted by Gasteiger charge is -2.13. The molecule has 0 unspecified atom stereocenters. The van der Waals surface area contributed by atoms with Crippen LogP contribution in [-0.4, -0.2) is 47.3 Å². The summed E-state index contributed by atoms with van der Waals surface area (Å²) in [7, 11) is 2.97. The highest BCUT2D eigenvalue weighted by molar-refractivity contribution is 6.01. The number of carbonyl (C=O) groups is 3. The first-order valence-electron chi connectivity index (χ1n) is 13.4. The van der Waals surface area contributed by atoms with Gasteiger partial charge in [0.1, 0.15) is 0 Å². The van der Waals surface area contributed by atoms with Gasteiger partial charge < -0.3 is 25.4 Å². The van der Waals surface area contributed by atoms with Gasteiger partial charge in [-0.15, -0.1) is 0 Å². The third-order valence-electron chi connectivity index (χ3n) is 6.48. The number of carbonyl (C=O) groups excluding carboxylic acids is 3. The van der Waals surface area contributed by atoms with E-state index in [0.29, 0.717) is 28.6 Å². The SMILES string of the molecule is COc1ccc(NC(=O)Nc2nc(NC(=O)Nc3ccc(C)c(C)c3)nc(NC(=O)Nc3ccc(C)c(C)c3)n2)cc1OC. The summed E-state index contributed by atoms with van der Waals surface area (Å²) in [6, 6.07) is 13.7. The Bertz CT molecular complexity index is 1630. The molecule has 0 aliphatic heterocycles. The molecule has 4 aromatic rings. The lowest BCUT2D eigenvalue weighted by atomic mass is 10.1. The van der Waals surface area contributed by atoms with Gasteiger partial charge in [0.05, 0.1) is 14.2 Å². The van der Waals surface area contributed by atoms with Gasteiger partial charge in [-0.25, -0.2) is 14.4 Å². The molecule has 6 N–H and O–H groups in total. The number of aromatic nitrogens is 3. The molecule has 4 rings (SSSR count). The summed E-state index contributed by atoms with van der Waals surface area (Å²) in [4.78, 5) is 50.7. The summed E-state index contributed by atoms with van der Waals surface area (Å²) < 4.78 is 10.5. The van der Waals surface area contributed by atoms with Gasteiger partial charge in [0.2, 0.25) is 17.8 Å². The zero-order chi connectivity index (χ0) is 31.8. The number of hydrogen-bond donors (Lipinski definition) is 6. The van der Waals surface area contributed by atoms with Crippen LogP contribution in [0.3, 0.4) is 0 Å². The standard InChI is InChI=1S/C30H33N9O5/c1-16-7-9-20(13-18(16)3)31-28(40)37-25-34-26(38-29(41)32-21-10-8-17(2)19(4)14-21)36-27(35-25)39-30(42)33-22-11-12-23(43-5)24(15-22)44-6/h7-15H,1-6H3,(H6,31,32,33,34,35,36,37,38,39,40,41,42). The van der Waals surface area contributed by atoms with E-state index >= 15 is 0 Å². The summed E-state index contributed by atoms with van der Waals surface area (Å²) in [6.45, 7) is 7.78. The van der Waals surface area contributed by atoms with Crippen LogP contribution >= 0.6 is 0 Å². The summed E-state index contributed by atoms with van der Waals surface area (Å²) in [6.07, 6.45) is 0. The van der Waals surface area contributed by atoms with Gasteiger partial charge in [0, 0.05) is 23.1 Å². The monoisotopic (exact) mass is 599 g/mol. The van der Waals surface area contributed by atoms with E-state index in [0.717, 1.165) is 22.3 Å². The lowest BCUT2D eigenvalue weighted by molar-refractivity contribution is 0.261. The Kier molecular flexibility index (Phi) is 9.75. The number of amides is 6. The van der Waals surface area contributed by atoms with Gasteiger partial charge in [-0.2, -0.15) is 15.0 Å². The van der Waals surface area contributed by atoms with Crippen LogP contribution in [0.25, 0.3) is 0 Å². The highest BCUT2D eigenvalue weighted by Gasteiger charge is 2.15. The Morgan fingerprint density at radius 3 is 1.20 bits per heavy atom. The molecule has 1 aromatic heterocycles. The van der Waals surface area contributed by atoms with Crippen molar-refractivity contribution in [3.05, 3.63) is 76.9 Å². The molecule has 0 bridgehead atoms. The minimum Gasteiger partial charge on any atom is -0.493 e. The number of hydrogen-bond acceptors (Lipinski definition) is 8. The predicted molar refractivity (Wildman–Crippen MR) is 169 cm³/mol. The summed E-state index contributed by atoms with van der Waals surface area (Å²) in [5.74, 6) is 0.183. The van der Waals surface area contributed by atoms with E-state index in [9.17, 15) is 14.4 Å². The van der Waals surface area contributed by atoms with Gasteiger partial charge >= 0.3 is 18.1 Å². The molecule has 0 atom stereocenters. The first-order chi connectivity index (χ1) is 21.0. The second-order valence-electron chi connectivity index (χ2n) is 9.71. The van der Waals surface area contributed by atoms with E-state index < -0.39 is 18.1 Å². The molecule has 44 heavy (non-hydrogen) atoms. The third kappa shape index (κ3) is 8.31. The summed E-state index contributed by atoms with van der Waals surface area (Å²) in [5.41, 5.74) is 5.64. The fraction of sp³-hybridized carbons (Fsp3) is 0.200. The Balaban J connectivity index is 1.53. The number of ether oxygens (including phenoxy) is 2. The van der Waals surface area contributed by atoms with Crippen LogP contribution in [0.4, 0.5) is 49.3 Å². The second-order valence-corrected chi connectivity index (χ2v) is 9.71. The Hall–Kier alpha value is -5.92. The molecule has 14 nitrogen and oxygen atoms in total.